The summed E-state index contributed by atoms with van der Waals surface area (Å²) < 4.78 is 49.1. The molecule has 0 aliphatic heterocycles. The summed E-state index contributed by atoms with van der Waals surface area (Å²) in [6.45, 7) is 0. The van der Waals surface area contributed by atoms with Gasteiger partial charge in [-0.15, -0.1) is 0 Å². The minimum absolute atomic E-state index is 0.230. The minimum Gasteiger partial charge on any atom is -0.370 e. The molecule has 1 aliphatic rings. The molecule has 0 fully saturated rings. The number of guanidine groups is 1. The van der Waals surface area contributed by atoms with Crippen molar-refractivity contribution in [3.63, 3.8) is 0 Å². The number of carbonyl (C=O) groups is 1. The largest absolute Gasteiger partial charge is 0.370 e. The number of rotatable bonds is 2. The fourth-order valence-corrected chi connectivity index (χ4v) is 2.91. The van der Waals surface area contributed by atoms with Crippen LogP contribution in [-0.2, 0) is 31.2 Å². The molecule has 1 aromatic carbocycles. The van der Waals surface area contributed by atoms with Crippen LogP contribution in [0.15, 0.2) is 33.7 Å². The zero-order valence-electron chi connectivity index (χ0n) is 14.3. The molecule has 9 nitrogen and oxygen atoms in total. The molecule has 0 atom stereocenters. The number of benzene rings is 1. The van der Waals surface area contributed by atoms with E-state index in [1.807, 2.05) is 0 Å². The fraction of sp³-hybridized carbons (Fsp3) is 0.333. The van der Waals surface area contributed by atoms with Crippen molar-refractivity contribution in [2.24, 2.45) is 16.5 Å². The number of nitrogens with zero attached hydrogens (tertiary/aromatic N) is 1. The van der Waals surface area contributed by atoms with Crippen molar-refractivity contribution < 1.29 is 26.2 Å². The van der Waals surface area contributed by atoms with Crippen molar-refractivity contribution in [2.45, 2.75) is 24.2 Å². The Hall–Kier alpha value is -2.24. The van der Waals surface area contributed by atoms with Gasteiger partial charge in [-0.05, 0) is 48.6 Å². The minimum atomic E-state index is -3.67. The summed E-state index contributed by atoms with van der Waals surface area (Å²) in [4.78, 5) is 15.7. The van der Waals surface area contributed by atoms with E-state index in [0.717, 1.165) is 30.2 Å². The Morgan fingerprint density at radius 1 is 1.12 bits per heavy atom. The zero-order valence-corrected chi connectivity index (χ0v) is 16.0. The highest BCUT2D eigenvalue weighted by Gasteiger charge is 2.16. The standard InChI is InChI=1S/C14H17N3O3S.CH4O3S/c1-21(19,20)12-6-5-9-3-2-4-10(7-11(9)8-12)13(18)17-14(15)16;1-5(2,3)4/h5-8H,2-4H2,1H3,(H4,15,16,17,18);1H3,(H,2,3,4). The first-order chi connectivity index (χ1) is 11.8. The topological polar surface area (TPSA) is 170 Å². The third-order valence-corrected chi connectivity index (χ3v) is 4.38. The van der Waals surface area contributed by atoms with Crippen LogP contribution < -0.4 is 11.5 Å². The van der Waals surface area contributed by atoms with Crippen molar-refractivity contribution in [3.05, 3.63) is 34.9 Å². The first-order valence-corrected chi connectivity index (χ1v) is 11.1. The summed E-state index contributed by atoms with van der Waals surface area (Å²) in [6, 6.07) is 4.96. The second kappa shape index (κ2) is 8.43. The number of aliphatic imine (C=N–C) groups is 1. The van der Waals surface area contributed by atoms with Gasteiger partial charge >= 0.3 is 0 Å². The van der Waals surface area contributed by atoms with E-state index >= 15 is 0 Å². The number of hydrogen-bond acceptors (Lipinski definition) is 5. The molecule has 26 heavy (non-hydrogen) atoms. The third-order valence-electron chi connectivity index (χ3n) is 3.27. The van der Waals surface area contributed by atoms with Crippen LogP contribution in [0.3, 0.4) is 0 Å². The number of fused-ring (bicyclic) bond motifs is 1. The molecule has 2 rings (SSSR count). The number of nitrogens with two attached hydrogens (primary N) is 2. The summed E-state index contributed by atoms with van der Waals surface area (Å²) in [5.74, 6) is -0.761. The molecule has 144 valence electrons. The van der Waals surface area contributed by atoms with E-state index in [4.69, 9.17) is 16.0 Å². The van der Waals surface area contributed by atoms with Crippen LogP contribution in [0.4, 0.5) is 0 Å². The average molecular weight is 403 g/mol. The van der Waals surface area contributed by atoms with Crippen molar-refractivity contribution in [3.8, 4) is 0 Å². The fourth-order valence-electron chi connectivity index (χ4n) is 2.25. The Kier molecular flexibility index (Phi) is 7.07. The number of carbonyl (C=O) groups excluding carboxylic acids is 1. The molecular formula is C15H21N3O6S2. The summed E-state index contributed by atoms with van der Waals surface area (Å²) in [7, 11) is -6.95. The van der Waals surface area contributed by atoms with Gasteiger partial charge in [0.1, 0.15) is 0 Å². The van der Waals surface area contributed by atoms with E-state index in [2.05, 4.69) is 4.99 Å². The van der Waals surface area contributed by atoms with Gasteiger partial charge in [0.25, 0.3) is 16.0 Å². The Morgan fingerprint density at radius 3 is 2.19 bits per heavy atom. The van der Waals surface area contributed by atoms with Gasteiger partial charge < -0.3 is 11.5 Å². The summed E-state index contributed by atoms with van der Waals surface area (Å²) in [5.41, 5.74) is 12.6. The van der Waals surface area contributed by atoms with E-state index in [1.54, 1.807) is 24.3 Å². The summed E-state index contributed by atoms with van der Waals surface area (Å²) in [5, 5.41) is 0. The number of hydrogen-bond donors (Lipinski definition) is 3. The zero-order chi connectivity index (χ0) is 20.1. The van der Waals surface area contributed by atoms with Gasteiger partial charge in [-0.2, -0.15) is 13.4 Å². The first kappa shape index (κ1) is 21.8. The SMILES string of the molecule is CS(=O)(=O)O.CS(=O)(=O)c1ccc2c(c1)C=C(C(=O)N=C(N)N)CCC2. The molecule has 0 bridgehead atoms. The lowest BCUT2D eigenvalue weighted by Gasteiger charge is -2.06. The van der Waals surface area contributed by atoms with Crippen molar-refractivity contribution >= 4 is 37.9 Å². The molecule has 0 aromatic heterocycles. The van der Waals surface area contributed by atoms with Crippen LogP contribution in [0.25, 0.3) is 6.08 Å². The smallest absolute Gasteiger partial charge is 0.276 e. The van der Waals surface area contributed by atoms with Gasteiger partial charge in [0.2, 0.25) is 0 Å². The predicted molar refractivity (Wildman–Crippen MR) is 98.8 cm³/mol. The molecule has 1 aliphatic carbocycles. The lowest BCUT2D eigenvalue weighted by Crippen LogP contribution is -2.24. The van der Waals surface area contributed by atoms with E-state index < -0.39 is 25.9 Å². The van der Waals surface area contributed by atoms with Gasteiger partial charge in [0.05, 0.1) is 11.2 Å². The predicted octanol–water partition coefficient (Wildman–Crippen LogP) is 0.114. The first-order valence-electron chi connectivity index (χ1n) is 7.37. The number of aryl methyl sites for hydroxylation is 1. The molecule has 11 heteroatoms. The van der Waals surface area contributed by atoms with Crippen LogP contribution in [0, 0.1) is 0 Å². The summed E-state index contributed by atoms with van der Waals surface area (Å²) >= 11 is 0. The van der Waals surface area contributed by atoms with Gasteiger partial charge in [0.15, 0.2) is 15.8 Å². The molecule has 0 unspecified atom stereocenters. The molecule has 0 saturated carbocycles. The lowest BCUT2D eigenvalue weighted by molar-refractivity contribution is -0.114. The Labute approximate surface area is 152 Å². The molecule has 0 spiro atoms. The van der Waals surface area contributed by atoms with Crippen LogP contribution in [-0.4, -0.2) is 45.8 Å². The number of sulfone groups is 1. The quantitative estimate of drug-likeness (QED) is 0.355. The van der Waals surface area contributed by atoms with Crippen LogP contribution >= 0.6 is 0 Å². The second-order valence-corrected chi connectivity index (χ2v) is 9.21. The highest BCUT2D eigenvalue weighted by molar-refractivity contribution is 7.90. The van der Waals surface area contributed by atoms with Crippen LogP contribution in [0.2, 0.25) is 0 Å². The maximum atomic E-state index is 11.9. The maximum Gasteiger partial charge on any atom is 0.276 e. The van der Waals surface area contributed by atoms with E-state index in [-0.39, 0.29) is 10.9 Å². The molecule has 0 radical (unpaired) electrons. The highest BCUT2D eigenvalue weighted by Crippen LogP contribution is 2.26. The van der Waals surface area contributed by atoms with E-state index in [1.165, 1.54) is 0 Å². The average Bonchev–Trinajstić information content (AvgIpc) is 2.65. The van der Waals surface area contributed by atoms with Gasteiger partial charge in [-0.25, -0.2) is 8.42 Å². The Balaban J connectivity index is 0.000000597. The van der Waals surface area contributed by atoms with E-state index in [0.29, 0.717) is 18.2 Å². The molecule has 0 saturated heterocycles. The Bertz CT molecular complexity index is 951. The van der Waals surface area contributed by atoms with Crippen molar-refractivity contribution in [1.29, 1.82) is 0 Å². The monoisotopic (exact) mass is 403 g/mol. The molecular weight excluding hydrogens is 382 g/mol. The van der Waals surface area contributed by atoms with Gasteiger partial charge in [-0.1, -0.05) is 6.07 Å². The molecule has 5 N–H and O–H groups in total. The molecule has 0 heterocycles. The molecule has 1 aromatic rings. The third kappa shape index (κ3) is 7.76. The maximum absolute atomic E-state index is 11.9. The van der Waals surface area contributed by atoms with Crippen molar-refractivity contribution in [1.82, 2.24) is 0 Å². The summed E-state index contributed by atoms with van der Waals surface area (Å²) in [6.07, 6.45) is 5.65. The van der Waals surface area contributed by atoms with Gasteiger partial charge in [0, 0.05) is 11.8 Å². The number of amides is 1. The van der Waals surface area contributed by atoms with Gasteiger partial charge in [-0.3, -0.25) is 9.35 Å². The second-order valence-electron chi connectivity index (χ2n) is 5.73. The molecule has 1 amide bonds. The van der Waals surface area contributed by atoms with Crippen LogP contribution in [0.1, 0.15) is 24.0 Å². The normalized spacial score (nSPS) is 14.0. The van der Waals surface area contributed by atoms with E-state index in [9.17, 15) is 21.6 Å². The van der Waals surface area contributed by atoms with Crippen molar-refractivity contribution in [2.75, 3.05) is 12.5 Å². The highest BCUT2D eigenvalue weighted by atomic mass is 32.2. The Morgan fingerprint density at radius 2 is 1.69 bits per heavy atom. The van der Waals surface area contributed by atoms with Crippen LogP contribution in [0.5, 0.6) is 0 Å². The lowest BCUT2D eigenvalue weighted by atomic mass is 10.0.